The van der Waals surface area contributed by atoms with Crippen LogP contribution in [0.25, 0.3) is 0 Å². The molecule has 1 spiro atoms. The van der Waals surface area contributed by atoms with Crippen LogP contribution in [0.4, 0.5) is 4.39 Å². The minimum Gasteiger partial charge on any atom is -0.377 e. The molecule has 0 saturated carbocycles. The molecule has 0 aliphatic carbocycles. The summed E-state index contributed by atoms with van der Waals surface area (Å²) in [6.07, 6.45) is 4.17. The molecule has 2 aliphatic heterocycles. The first kappa shape index (κ1) is 15.8. The van der Waals surface area contributed by atoms with Crippen molar-refractivity contribution in [1.29, 1.82) is 0 Å². The highest BCUT2D eigenvalue weighted by Gasteiger charge is 2.48. The Morgan fingerprint density at radius 2 is 2.04 bits per heavy atom. The van der Waals surface area contributed by atoms with Crippen molar-refractivity contribution in [2.75, 3.05) is 19.7 Å². The number of hydrogen-bond acceptors (Lipinski definition) is 3. The predicted octanol–water partition coefficient (Wildman–Crippen LogP) is 2.70. The van der Waals surface area contributed by atoms with E-state index in [9.17, 15) is 4.39 Å². The van der Waals surface area contributed by atoms with Gasteiger partial charge in [0.05, 0.1) is 24.6 Å². The van der Waals surface area contributed by atoms with Gasteiger partial charge in [-0.1, -0.05) is 12.1 Å². The van der Waals surface area contributed by atoms with Crippen LogP contribution in [-0.2, 0) is 24.8 Å². The summed E-state index contributed by atoms with van der Waals surface area (Å²) < 4.78 is 21.0. The van der Waals surface area contributed by atoms with Crippen LogP contribution in [0.3, 0.4) is 0 Å². The summed E-state index contributed by atoms with van der Waals surface area (Å²) >= 11 is 0. The van der Waals surface area contributed by atoms with Crippen molar-refractivity contribution in [3.8, 4) is 0 Å². The van der Waals surface area contributed by atoms with Gasteiger partial charge in [-0.3, -0.25) is 9.58 Å². The Labute approximate surface area is 142 Å². The van der Waals surface area contributed by atoms with Crippen molar-refractivity contribution < 1.29 is 9.13 Å². The Bertz CT molecular complexity index is 699. The molecule has 1 aromatic carbocycles. The molecule has 0 bridgehead atoms. The fourth-order valence-electron chi connectivity index (χ4n) is 4.16. The summed E-state index contributed by atoms with van der Waals surface area (Å²) in [5.41, 5.74) is 4.03. The van der Waals surface area contributed by atoms with Crippen LogP contribution in [0.1, 0.15) is 23.2 Å². The molecule has 0 amide bonds. The highest BCUT2D eigenvalue weighted by Crippen LogP contribution is 2.42. The maximum atomic E-state index is 13.0. The lowest BCUT2D eigenvalue weighted by Crippen LogP contribution is -2.56. The molecule has 5 heteroatoms. The normalized spacial score (nSPS) is 22.9. The van der Waals surface area contributed by atoms with E-state index < -0.39 is 0 Å². The van der Waals surface area contributed by atoms with Crippen LogP contribution in [0.15, 0.2) is 30.5 Å². The van der Waals surface area contributed by atoms with Crippen LogP contribution in [0.2, 0.25) is 0 Å². The Morgan fingerprint density at radius 3 is 2.71 bits per heavy atom. The van der Waals surface area contributed by atoms with E-state index in [2.05, 4.69) is 16.9 Å². The number of hydrogen-bond donors (Lipinski definition) is 0. The lowest BCUT2D eigenvalue weighted by molar-refractivity contribution is -0.0154. The highest BCUT2D eigenvalue weighted by atomic mass is 19.1. The molecule has 3 heterocycles. The smallest absolute Gasteiger partial charge is 0.123 e. The lowest BCUT2D eigenvalue weighted by Gasteiger charge is -2.47. The predicted molar refractivity (Wildman–Crippen MR) is 90.1 cm³/mol. The van der Waals surface area contributed by atoms with Crippen molar-refractivity contribution in [1.82, 2.24) is 14.7 Å². The topological polar surface area (TPSA) is 30.3 Å². The van der Waals surface area contributed by atoms with Crippen LogP contribution in [-0.4, -0.2) is 40.5 Å². The molecular formula is C19H24FN3O. The maximum Gasteiger partial charge on any atom is 0.123 e. The van der Waals surface area contributed by atoms with Crippen molar-refractivity contribution in [3.63, 3.8) is 0 Å². The molecule has 2 aliphatic rings. The highest BCUT2D eigenvalue weighted by molar-refractivity contribution is 5.18. The van der Waals surface area contributed by atoms with E-state index in [4.69, 9.17) is 4.74 Å². The Morgan fingerprint density at radius 1 is 1.29 bits per heavy atom. The van der Waals surface area contributed by atoms with E-state index in [1.807, 2.05) is 30.1 Å². The molecule has 0 N–H and O–H groups in total. The molecular weight excluding hydrogens is 305 g/mol. The number of rotatable bonds is 4. The SMILES string of the molecule is Cc1cnn(C)c1CN1CC2(CO[C@H](Cc3ccc(F)cc3)C2)C1. The van der Waals surface area contributed by atoms with Crippen LogP contribution >= 0.6 is 0 Å². The largest absolute Gasteiger partial charge is 0.377 e. The van der Waals surface area contributed by atoms with Crippen molar-refractivity contribution in [2.45, 2.75) is 32.4 Å². The van der Waals surface area contributed by atoms with Gasteiger partial charge in [0.25, 0.3) is 0 Å². The van der Waals surface area contributed by atoms with Gasteiger partial charge in [-0.2, -0.15) is 5.10 Å². The summed E-state index contributed by atoms with van der Waals surface area (Å²) in [5.74, 6) is -0.178. The third-order valence-corrected chi connectivity index (χ3v) is 5.42. The summed E-state index contributed by atoms with van der Waals surface area (Å²) in [7, 11) is 2.01. The molecule has 128 valence electrons. The molecule has 0 radical (unpaired) electrons. The van der Waals surface area contributed by atoms with E-state index in [-0.39, 0.29) is 11.9 Å². The Balaban J connectivity index is 1.31. The van der Waals surface area contributed by atoms with Gasteiger partial charge in [0, 0.05) is 32.1 Å². The van der Waals surface area contributed by atoms with Gasteiger partial charge in [0.1, 0.15) is 5.82 Å². The zero-order valence-electron chi connectivity index (χ0n) is 14.3. The first-order chi connectivity index (χ1) is 11.5. The fraction of sp³-hybridized carbons (Fsp3) is 0.526. The van der Waals surface area contributed by atoms with Crippen LogP contribution in [0, 0.1) is 18.2 Å². The number of ether oxygens (including phenoxy) is 1. The second kappa shape index (κ2) is 5.97. The third kappa shape index (κ3) is 2.98. The molecule has 1 aromatic heterocycles. The molecule has 2 aromatic rings. The monoisotopic (exact) mass is 329 g/mol. The second-order valence-corrected chi connectivity index (χ2v) is 7.51. The number of likely N-dealkylation sites (tertiary alicyclic amines) is 1. The van der Waals surface area contributed by atoms with E-state index in [1.54, 1.807) is 0 Å². The molecule has 2 saturated heterocycles. The first-order valence-corrected chi connectivity index (χ1v) is 8.59. The average Bonchev–Trinajstić information content (AvgIpc) is 3.08. The van der Waals surface area contributed by atoms with E-state index >= 15 is 0 Å². The van der Waals surface area contributed by atoms with Gasteiger partial charge < -0.3 is 4.74 Å². The summed E-state index contributed by atoms with van der Waals surface area (Å²) in [6, 6.07) is 6.78. The molecule has 4 rings (SSSR count). The van der Waals surface area contributed by atoms with Gasteiger partial charge in [0.15, 0.2) is 0 Å². The minimum absolute atomic E-state index is 0.178. The van der Waals surface area contributed by atoms with E-state index in [0.29, 0.717) is 5.41 Å². The summed E-state index contributed by atoms with van der Waals surface area (Å²) in [4.78, 5) is 2.48. The van der Waals surface area contributed by atoms with Gasteiger partial charge in [-0.05, 0) is 43.0 Å². The van der Waals surface area contributed by atoms with Crippen molar-refractivity contribution in [2.24, 2.45) is 12.5 Å². The quantitative estimate of drug-likeness (QED) is 0.864. The number of halogens is 1. The molecule has 1 atom stereocenters. The number of aromatic nitrogens is 2. The van der Waals surface area contributed by atoms with Gasteiger partial charge in [0.2, 0.25) is 0 Å². The van der Waals surface area contributed by atoms with E-state index in [1.165, 1.54) is 23.4 Å². The molecule has 4 nitrogen and oxygen atoms in total. The number of aryl methyl sites for hydroxylation is 2. The minimum atomic E-state index is -0.178. The third-order valence-electron chi connectivity index (χ3n) is 5.42. The van der Waals surface area contributed by atoms with Gasteiger partial charge in [-0.15, -0.1) is 0 Å². The fourth-order valence-corrected chi connectivity index (χ4v) is 4.16. The lowest BCUT2D eigenvalue weighted by atomic mass is 9.77. The van der Waals surface area contributed by atoms with Crippen LogP contribution in [0.5, 0.6) is 0 Å². The second-order valence-electron chi connectivity index (χ2n) is 7.51. The number of nitrogens with zero attached hydrogens (tertiary/aromatic N) is 3. The van der Waals surface area contributed by atoms with Crippen molar-refractivity contribution in [3.05, 3.63) is 53.1 Å². The van der Waals surface area contributed by atoms with Crippen molar-refractivity contribution >= 4 is 0 Å². The molecule has 24 heavy (non-hydrogen) atoms. The summed E-state index contributed by atoms with van der Waals surface area (Å²) in [6.45, 7) is 6.12. The Kier molecular flexibility index (Phi) is 3.93. The average molecular weight is 329 g/mol. The standard InChI is InChI=1S/C19H24FN3O/c1-14-9-21-22(2)18(14)10-23-11-19(12-23)8-17(24-13-19)7-15-3-5-16(20)6-4-15/h3-6,9,17H,7-8,10-13H2,1-2H3/t17-/m1/s1. The summed E-state index contributed by atoms with van der Waals surface area (Å²) in [5, 5.41) is 4.32. The first-order valence-electron chi connectivity index (χ1n) is 8.59. The zero-order valence-corrected chi connectivity index (χ0v) is 14.3. The maximum absolute atomic E-state index is 13.0. The Hall–Kier alpha value is -1.72. The zero-order chi connectivity index (χ0) is 16.7. The van der Waals surface area contributed by atoms with Crippen LogP contribution < -0.4 is 0 Å². The number of benzene rings is 1. The van der Waals surface area contributed by atoms with E-state index in [0.717, 1.165) is 44.6 Å². The molecule has 2 fully saturated rings. The van der Waals surface area contributed by atoms with Gasteiger partial charge >= 0.3 is 0 Å². The van der Waals surface area contributed by atoms with Gasteiger partial charge in [-0.25, -0.2) is 4.39 Å². The molecule has 0 unspecified atom stereocenters.